The maximum atomic E-state index is 10.9. The first-order valence-electron chi connectivity index (χ1n) is 4.54. The molecular weight excluding hydrogens is 182 g/mol. The van der Waals surface area contributed by atoms with Crippen molar-refractivity contribution in [3.8, 4) is 0 Å². The lowest BCUT2D eigenvalue weighted by molar-refractivity contribution is 0.0696. The zero-order chi connectivity index (χ0) is 10.6. The summed E-state index contributed by atoms with van der Waals surface area (Å²) in [6, 6.07) is 1.35. The zero-order valence-corrected chi connectivity index (χ0v) is 8.37. The lowest BCUT2D eigenvalue weighted by atomic mass is 10.0. The molecule has 1 heterocycles. The first kappa shape index (κ1) is 10.7. The number of nitrogens with one attached hydrogen (secondary N) is 2. The largest absolute Gasteiger partial charge is 0.388 e. The third-order valence-corrected chi connectivity index (χ3v) is 2.09. The number of H-pyrrole nitrogens is 1. The highest BCUT2D eigenvalue weighted by molar-refractivity contribution is 5.31. The number of nitrogens with zero attached hydrogens (tertiary/aromatic N) is 1. The Kier molecular flexibility index (Phi) is 3.24. The number of rotatable bonds is 4. The minimum Gasteiger partial charge on any atom is -0.388 e. The van der Waals surface area contributed by atoms with Crippen LogP contribution in [0.2, 0.25) is 0 Å². The van der Waals surface area contributed by atoms with E-state index in [0.717, 1.165) is 0 Å². The van der Waals surface area contributed by atoms with Gasteiger partial charge in [-0.15, -0.1) is 0 Å². The second kappa shape index (κ2) is 4.23. The van der Waals surface area contributed by atoms with E-state index in [1.165, 1.54) is 12.4 Å². The monoisotopic (exact) mass is 197 g/mol. The van der Waals surface area contributed by atoms with Crippen molar-refractivity contribution < 1.29 is 5.11 Å². The van der Waals surface area contributed by atoms with Crippen molar-refractivity contribution >= 4 is 5.82 Å². The Balaban J connectivity index is 2.58. The molecule has 5 nitrogen and oxygen atoms in total. The highest BCUT2D eigenvalue weighted by Crippen LogP contribution is 2.08. The molecule has 0 spiro atoms. The first-order valence-corrected chi connectivity index (χ1v) is 4.54. The Labute approximate surface area is 82.2 Å². The average molecular weight is 197 g/mol. The normalized spacial score (nSPS) is 14.8. The minimum atomic E-state index is -0.774. The fourth-order valence-electron chi connectivity index (χ4n) is 0.871. The van der Waals surface area contributed by atoms with Gasteiger partial charge in [0.25, 0.3) is 5.56 Å². The molecule has 1 aromatic heterocycles. The van der Waals surface area contributed by atoms with Gasteiger partial charge in [-0.3, -0.25) is 4.79 Å². The fraction of sp³-hybridized carbons (Fsp3) is 0.556. The van der Waals surface area contributed by atoms with Gasteiger partial charge in [-0.2, -0.15) is 0 Å². The van der Waals surface area contributed by atoms with Gasteiger partial charge in [0.05, 0.1) is 11.9 Å². The SMILES string of the molecule is CCC(C)(O)CNc1cc(=O)[nH]cn1. The molecule has 78 valence electrons. The summed E-state index contributed by atoms with van der Waals surface area (Å²) < 4.78 is 0. The molecule has 0 aliphatic rings. The van der Waals surface area contributed by atoms with E-state index in [2.05, 4.69) is 15.3 Å². The van der Waals surface area contributed by atoms with Gasteiger partial charge in [-0.25, -0.2) is 4.98 Å². The Hall–Kier alpha value is -1.36. The van der Waals surface area contributed by atoms with Crippen molar-refractivity contribution in [3.63, 3.8) is 0 Å². The zero-order valence-electron chi connectivity index (χ0n) is 8.37. The molecule has 3 N–H and O–H groups in total. The molecule has 1 aromatic rings. The van der Waals surface area contributed by atoms with Gasteiger partial charge in [-0.05, 0) is 13.3 Å². The molecule has 0 bridgehead atoms. The van der Waals surface area contributed by atoms with E-state index >= 15 is 0 Å². The summed E-state index contributed by atoms with van der Waals surface area (Å²) in [5, 5.41) is 12.6. The minimum absolute atomic E-state index is 0.210. The van der Waals surface area contributed by atoms with E-state index in [9.17, 15) is 9.90 Å². The molecule has 0 aromatic carbocycles. The van der Waals surface area contributed by atoms with Gasteiger partial charge >= 0.3 is 0 Å². The van der Waals surface area contributed by atoms with Crippen molar-refractivity contribution in [1.29, 1.82) is 0 Å². The van der Waals surface area contributed by atoms with Crippen molar-refractivity contribution in [1.82, 2.24) is 9.97 Å². The van der Waals surface area contributed by atoms with Crippen LogP contribution in [0.25, 0.3) is 0 Å². The highest BCUT2D eigenvalue weighted by Gasteiger charge is 2.16. The predicted molar refractivity (Wildman–Crippen MR) is 54.3 cm³/mol. The number of hydrogen-bond acceptors (Lipinski definition) is 4. The first-order chi connectivity index (χ1) is 6.53. The van der Waals surface area contributed by atoms with E-state index in [-0.39, 0.29) is 5.56 Å². The van der Waals surface area contributed by atoms with Crippen LogP contribution >= 0.6 is 0 Å². The van der Waals surface area contributed by atoms with Crippen LogP contribution in [0.5, 0.6) is 0 Å². The molecule has 1 atom stereocenters. The molecule has 0 saturated carbocycles. The molecular formula is C9H15N3O2. The van der Waals surface area contributed by atoms with E-state index in [4.69, 9.17) is 0 Å². The van der Waals surface area contributed by atoms with Crippen LogP contribution in [-0.4, -0.2) is 27.2 Å². The summed E-state index contributed by atoms with van der Waals surface area (Å²) in [5.74, 6) is 0.475. The van der Waals surface area contributed by atoms with Gasteiger partial charge < -0.3 is 15.4 Å². The molecule has 0 radical (unpaired) electrons. The Morgan fingerprint density at radius 2 is 2.43 bits per heavy atom. The number of hydrogen-bond donors (Lipinski definition) is 3. The van der Waals surface area contributed by atoms with E-state index in [1.54, 1.807) is 6.92 Å². The topological polar surface area (TPSA) is 78.0 Å². The van der Waals surface area contributed by atoms with E-state index in [1.807, 2.05) is 6.92 Å². The Morgan fingerprint density at radius 1 is 1.71 bits per heavy atom. The summed E-state index contributed by atoms with van der Waals surface area (Å²) in [6.45, 7) is 4.00. The number of anilines is 1. The summed E-state index contributed by atoms with van der Waals surface area (Å²) in [5.41, 5.74) is -0.983. The van der Waals surface area contributed by atoms with Crippen molar-refractivity contribution in [2.45, 2.75) is 25.9 Å². The molecule has 0 fully saturated rings. The van der Waals surface area contributed by atoms with Crippen LogP contribution in [-0.2, 0) is 0 Å². The maximum absolute atomic E-state index is 10.9. The lowest BCUT2D eigenvalue weighted by Gasteiger charge is -2.21. The van der Waals surface area contributed by atoms with Gasteiger partial charge in [0, 0.05) is 12.6 Å². The molecule has 1 rings (SSSR count). The van der Waals surface area contributed by atoms with E-state index in [0.29, 0.717) is 18.8 Å². The molecule has 1 unspecified atom stereocenters. The third-order valence-electron chi connectivity index (χ3n) is 2.09. The van der Waals surface area contributed by atoms with Crippen LogP contribution in [0.15, 0.2) is 17.2 Å². The van der Waals surface area contributed by atoms with Crippen molar-refractivity contribution in [2.24, 2.45) is 0 Å². The molecule has 14 heavy (non-hydrogen) atoms. The van der Waals surface area contributed by atoms with Gasteiger partial charge in [0.15, 0.2) is 0 Å². The quantitative estimate of drug-likeness (QED) is 0.650. The van der Waals surface area contributed by atoms with Crippen LogP contribution in [0.1, 0.15) is 20.3 Å². The summed E-state index contributed by atoms with van der Waals surface area (Å²) >= 11 is 0. The van der Waals surface area contributed by atoms with Gasteiger partial charge in [0.2, 0.25) is 0 Å². The van der Waals surface area contributed by atoms with Crippen molar-refractivity contribution in [3.05, 3.63) is 22.7 Å². The second-order valence-electron chi connectivity index (χ2n) is 3.50. The summed E-state index contributed by atoms with van der Waals surface area (Å²) in [7, 11) is 0. The molecule has 0 amide bonds. The fourth-order valence-corrected chi connectivity index (χ4v) is 0.871. The number of aliphatic hydroxyl groups is 1. The molecule has 0 aliphatic heterocycles. The van der Waals surface area contributed by atoms with Crippen LogP contribution < -0.4 is 10.9 Å². The lowest BCUT2D eigenvalue weighted by Crippen LogP contribution is -2.32. The Bertz CT molecular complexity index is 346. The maximum Gasteiger partial charge on any atom is 0.252 e. The summed E-state index contributed by atoms with van der Waals surface area (Å²) in [4.78, 5) is 17.2. The van der Waals surface area contributed by atoms with Gasteiger partial charge in [-0.1, -0.05) is 6.92 Å². The van der Waals surface area contributed by atoms with E-state index < -0.39 is 5.60 Å². The standard InChI is InChI=1S/C9H15N3O2/c1-3-9(2,14)5-10-7-4-8(13)12-6-11-7/h4,6,14H,3,5H2,1-2H3,(H2,10,11,12,13). The molecule has 5 heteroatoms. The third kappa shape index (κ3) is 3.18. The van der Waals surface area contributed by atoms with Crippen molar-refractivity contribution in [2.75, 3.05) is 11.9 Å². The van der Waals surface area contributed by atoms with Crippen LogP contribution in [0.4, 0.5) is 5.82 Å². The van der Waals surface area contributed by atoms with Crippen LogP contribution in [0.3, 0.4) is 0 Å². The number of aromatic nitrogens is 2. The van der Waals surface area contributed by atoms with Crippen LogP contribution in [0, 0.1) is 0 Å². The second-order valence-corrected chi connectivity index (χ2v) is 3.50. The number of aromatic amines is 1. The Morgan fingerprint density at radius 3 is 3.00 bits per heavy atom. The molecule has 0 saturated heterocycles. The molecule has 0 aliphatic carbocycles. The summed E-state index contributed by atoms with van der Waals surface area (Å²) in [6.07, 6.45) is 1.97. The average Bonchev–Trinajstić information content (AvgIpc) is 2.15. The highest BCUT2D eigenvalue weighted by atomic mass is 16.3. The smallest absolute Gasteiger partial charge is 0.252 e. The van der Waals surface area contributed by atoms with Gasteiger partial charge in [0.1, 0.15) is 5.82 Å². The predicted octanol–water partition coefficient (Wildman–Crippen LogP) is 0.343.